The Bertz CT molecular complexity index is 590. The normalized spacial score (nSPS) is 14.8. The van der Waals surface area contributed by atoms with Gasteiger partial charge in [0.15, 0.2) is 0 Å². The lowest BCUT2D eigenvalue weighted by molar-refractivity contribution is -0.131. The molecule has 1 aliphatic heterocycles. The lowest BCUT2D eigenvalue weighted by Gasteiger charge is -2.35. The molecule has 0 radical (unpaired) electrons. The molecule has 1 aromatic carbocycles. The van der Waals surface area contributed by atoms with Crippen LogP contribution in [0.15, 0.2) is 18.2 Å². The Hall–Kier alpha value is -2.06. The van der Waals surface area contributed by atoms with Crippen LogP contribution < -0.4 is 5.32 Å². The number of benzene rings is 1. The van der Waals surface area contributed by atoms with E-state index in [0.29, 0.717) is 45.4 Å². The Balaban J connectivity index is 1.83. The summed E-state index contributed by atoms with van der Waals surface area (Å²) in [6.07, 6.45) is 0. The standard InChI is InChI=1S/C16H21F2N3O3/c1-24-9-4-19-11-15(22)20-5-7-21(8-6-20)16(23)13-3-2-12(17)10-14(13)18/h2-3,10,19H,4-9,11H2,1H3. The maximum atomic E-state index is 13.7. The molecule has 0 spiro atoms. The van der Waals surface area contributed by atoms with E-state index in [9.17, 15) is 18.4 Å². The first kappa shape index (κ1) is 18.3. The summed E-state index contributed by atoms with van der Waals surface area (Å²) in [6, 6.07) is 2.89. The summed E-state index contributed by atoms with van der Waals surface area (Å²) in [4.78, 5) is 27.4. The van der Waals surface area contributed by atoms with Gasteiger partial charge in [-0.25, -0.2) is 8.78 Å². The van der Waals surface area contributed by atoms with Gasteiger partial charge < -0.3 is 19.9 Å². The third kappa shape index (κ3) is 4.72. The van der Waals surface area contributed by atoms with Gasteiger partial charge in [0.05, 0.1) is 18.7 Å². The highest BCUT2D eigenvalue weighted by molar-refractivity contribution is 5.94. The predicted molar refractivity (Wildman–Crippen MR) is 83.6 cm³/mol. The van der Waals surface area contributed by atoms with E-state index in [0.717, 1.165) is 12.1 Å². The molecule has 8 heteroatoms. The van der Waals surface area contributed by atoms with E-state index in [1.807, 2.05) is 0 Å². The SMILES string of the molecule is COCCNCC(=O)N1CCN(C(=O)c2ccc(F)cc2F)CC1. The van der Waals surface area contributed by atoms with Gasteiger partial charge in [-0.1, -0.05) is 0 Å². The van der Waals surface area contributed by atoms with E-state index in [1.54, 1.807) is 12.0 Å². The van der Waals surface area contributed by atoms with E-state index < -0.39 is 17.5 Å². The van der Waals surface area contributed by atoms with E-state index in [2.05, 4.69) is 5.32 Å². The van der Waals surface area contributed by atoms with E-state index in [4.69, 9.17) is 4.74 Å². The third-order valence-electron chi connectivity index (χ3n) is 3.84. The molecular weight excluding hydrogens is 320 g/mol. The number of rotatable bonds is 6. The van der Waals surface area contributed by atoms with E-state index in [-0.39, 0.29) is 18.0 Å². The van der Waals surface area contributed by atoms with Gasteiger partial charge in [-0.3, -0.25) is 9.59 Å². The van der Waals surface area contributed by atoms with Crippen molar-refractivity contribution in [2.75, 3.05) is 53.0 Å². The molecule has 1 fully saturated rings. The van der Waals surface area contributed by atoms with Crippen LogP contribution in [0.1, 0.15) is 10.4 Å². The van der Waals surface area contributed by atoms with Gasteiger partial charge in [-0.05, 0) is 12.1 Å². The zero-order valence-electron chi connectivity index (χ0n) is 13.6. The summed E-state index contributed by atoms with van der Waals surface area (Å²) >= 11 is 0. The number of ether oxygens (including phenoxy) is 1. The Morgan fingerprint density at radius 2 is 1.83 bits per heavy atom. The zero-order chi connectivity index (χ0) is 17.5. The molecule has 1 aromatic rings. The molecule has 6 nitrogen and oxygen atoms in total. The van der Waals surface area contributed by atoms with Crippen molar-refractivity contribution >= 4 is 11.8 Å². The van der Waals surface area contributed by atoms with Crippen LogP contribution in [-0.4, -0.2) is 74.6 Å². The molecule has 1 N–H and O–H groups in total. The zero-order valence-corrected chi connectivity index (χ0v) is 13.6. The first-order valence-electron chi connectivity index (χ1n) is 7.74. The fourth-order valence-corrected chi connectivity index (χ4v) is 2.47. The second-order valence-electron chi connectivity index (χ2n) is 5.47. The lowest BCUT2D eigenvalue weighted by atomic mass is 10.1. The van der Waals surface area contributed by atoms with Crippen LogP contribution in [0.25, 0.3) is 0 Å². The number of halogens is 2. The van der Waals surface area contributed by atoms with Crippen molar-refractivity contribution in [1.82, 2.24) is 15.1 Å². The van der Waals surface area contributed by atoms with Crippen LogP contribution in [0.4, 0.5) is 8.78 Å². The topological polar surface area (TPSA) is 61.9 Å². The van der Waals surface area contributed by atoms with E-state index >= 15 is 0 Å². The third-order valence-corrected chi connectivity index (χ3v) is 3.84. The number of amides is 2. The van der Waals surface area contributed by atoms with Crippen LogP contribution in [0.2, 0.25) is 0 Å². The van der Waals surface area contributed by atoms with Crippen LogP contribution in [0, 0.1) is 11.6 Å². The molecule has 0 atom stereocenters. The Morgan fingerprint density at radius 1 is 1.17 bits per heavy atom. The van der Waals surface area contributed by atoms with Crippen molar-refractivity contribution < 1.29 is 23.1 Å². The maximum Gasteiger partial charge on any atom is 0.256 e. The Kier molecular flexibility index (Phi) is 6.62. The predicted octanol–water partition coefficient (Wildman–Crippen LogP) is 0.485. The van der Waals surface area contributed by atoms with Crippen LogP contribution in [-0.2, 0) is 9.53 Å². The second kappa shape index (κ2) is 8.70. The number of carbonyl (C=O) groups excluding carboxylic acids is 2. The molecule has 2 amide bonds. The van der Waals surface area contributed by atoms with E-state index in [1.165, 1.54) is 4.90 Å². The van der Waals surface area contributed by atoms with Gasteiger partial charge in [-0.2, -0.15) is 0 Å². The van der Waals surface area contributed by atoms with Gasteiger partial charge >= 0.3 is 0 Å². The van der Waals surface area contributed by atoms with Crippen LogP contribution in [0.5, 0.6) is 0 Å². The molecule has 1 saturated heterocycles. The molecule has 1 heterocycles. The molecule has 0 aromatic heterocycles. The average Bonchev–Trinajstić information content (AvgIpc) is 2.58. The largest absolute Gasteiger partial charge is 0.383 e. The molecule has 0 unspecified atom stereocenters. The minimum absolute atomic E-state index is 0.0498. The van der Waals surface area contributed by atoms with Crippen molar-refractivity contribution in [3.05, 3.63) is 35.4 Å². The molecule has 0 saturated carbocycles. The molecule has 24 heavy (non-hydrogen) atoms. The molecule has 1 aliphatic rings. The summed E-state index contributed by atoms with van der Waals surface area (Å²) in [5.74, 6) is -2.13. The molecule has 0 aliphatic carbocycles. The van der Waals surface area contributed by atoms with Crippen molar-refractivity contribution in [2.24, 2.45) is 0 Å². The highest BCUT2D eigenvalue weighted by Crippen LogP contribution is 2.14. The smallest absolute Gasteiger partial charge is 0.256 e. The molecule has 0 bridgehead atoms. The van der Waals surface area contributed by atoms with Crippen LogP contribution in [0.3, 0.4) is 0 Å². The Labute approximate surface area is 139 Å². The number of nitrogens with zero attached hydrogens (tertiary/aromatic N) is 2. The summed E-state index contributed by atoms with van der Waals surface area (Å²) in [6.45, 7) is 2.74. The number of hydrogen-bond donors (Lipinski definition) is 1. The number of hydrogen-bond acceptors (Lipinski definition) is 4. The number of carbonyl (C=O) groups is 2. The van der Waals surface area contributed by atoms with Crippen molar-refractivity contribution in [2.45, 2.75) is 0 Å². The van der Waals surface area contributed by atoms with Gasteiger partial charge in [0.1, 0.15) is 11.6 Å². The molecule has 132 valence electrons. The van der Waals surface area contributed by atoms with Gasteiger partial charge in [0.25, 0.3) is 5.91 Å². The first-order valence-corrected chi connectivity index (χ1v) is 7.74. The maximum absolute atomic E-state index is 13.7. The highest BCUT2D eigenvalue weighted by atomic mass is 19.1. The molecular formula is C16H21F2N3O3. The monoisotopic (exact) mass is 341 g/mol. The summed E-state index contributed by atoms with van der Waals surface area (Å²) in [5.41, 5.74) is -0.155. The first-order chi connectivity index (χ1) is 11.5. The average molecular weight is 341 g/mol. The highest BCUT2D eigenvalue weighted by Gasteiger charge is 2.26. The van der Waals surface area contributed by atoms with Gasteiger partial charge in [0.2, 0.25) is 5.91 Å². The fraction of sp³-hybridized carbons (Fsp3) is 0.500. The van der Waals surface area contributed by atoms with Gasteiger partial charge in [0, 0.05) is 45.9 Å². The number of piperazine rings is 1. The van der Waals surface area contributed by atoms with Crippen molar-refractivity contribution in [3.8, 4) is 0 Å². The van der Waals surface area contributed by atoms with Crippen LogP contribution >= 0.6 is 0 Å². The summed E-state index contributed by atoms with van der Waals surface area (Å²) < 4.78 is 31.5. The van der Waals surface area contributed by atoms with Crippen molar-refractivity contribution in [1.29, 1.82) is 0 Å². The minimum atomic E-state index is -0.874. The fourth-order valence-electron chi connectivity index (χ4n) is 2.47. The second-order valence-corrected chi connectivity index (χ2v) is 5.47. The summed E-state index contributed by atoms with van der Waals surface area (Å²) in [5, 5.41) is 2.97. The lowest BCUT2D eigenvalue weighted by Crippen LogP contribution is -2.52. The number of nitrogens with one attached hydrogen (secondary N) is 1. The molecule has 2 rings (SSSR count). The Morgan fingerprint density at radius 3 is 2.46 bits per heavy atom. The quantitative estimate of drug-likeness (QED) is 0.765. The minimum Gasteiger partial charge on any atom is -0.383 e. The number of methoxy groups -OCH3 is 1. The van der Waals surface area contributed by atoms with Gasteiger partial charge in [-0.15, -0.1) is 0 Å². The summed E-state index contributed by atoms with van der Waals surface area (Å²) in [7, 11) is 1.59. The van der Waals surface area contributed by atoms with Crippen molar-refractivity contribution in [3.63, 3.8) is 0 Å².